The zero-order chi connectivity index (χ0) is 14.9. The number of rotatable bonds is 4. The number of benzene rings is 1. The van der Waals surface area contributed by atoms with Gasteiger partial charge in [-0.2, -0.15) is 0 Å². The quantitative estimate of drug-likeness (QED) is 0.941. The monoisotopic (exact) mass is 294 g/mol. The van der Waals surface area contributed by atoms with Gasteiger partial charge in [-0.1, -0.05) is 12.1 Å². The van der Waals surface area contributed by atoms with Gasteiger partial charge in [0.05, 0.1) is 0 Å². The lowest BCUT2D eigenvalue weighted by Crippen LogP contribution is -2.44. The fourth-order valence-corrected chi connectivity index (χ4v) is 2.94. The normalized spacial score (nSPS) is 19.8. The van der Waals surface area contributed by atoms with Crippen molar-refractivity contribution in [3.8, 4) is 0 Å². The van der Waals surface area contributed by atoms with Crippen LogP contribution in [0.25, 0.3) is 11.0 Å². The van der Waals surface area contributed by atoms with Crippen LogP contribution < -0.4 is 0 Å². The molecule has 2 heterocycles. The fraction of sp³-hybridized carbons (Fsp3) is 0.500. The predicted molar refractivity (Wildman–Crippen MR) is 75.5 cm³/mol. The van der Waals surface area contributed by atoms with E-state index in [2.05, 4.69) is 0 Å². The van der Waals surface area contributed by atoms with Gasteiger partial charge in [0.25, 0.3) is 0 Å². The molecule has 4 nitrogen and oxygen atoms in total. The molecule has 21 heavy (non-hydrogen) atoms. The van der Waals surface area contributed by atoms with E-state index in [1.807, 2.05) is 6.92 Å². The lowest BCUT2D eigenvalue weighted by atomic mass is 9.86. The van der Waals surface area contributed by atoms with E-state index in [0.29, 0.717) is 43.8 Å². The molecule has 0 spiro atoms. The number of aliphatic hydroxyl groups is 1. The Balaban J connectivity index is 1.97. The van der Waals surface area contributed by atoms with Crippen molar-refractivity contribution in [2.75, 3.05) is 19.8 Å². The number of fused-ring (bicyclic) bond motifs is 1. The van der Waals surface area contributed by atoms with E-state index >= 15 is 0 Å². The first-order chi connectivity index (χ1) is 10.2. The molecule has 1 fully saturated rings. The average molecular weight is 294 g/mol. The van der Waals surface area contributed by atoms with E-state index in [0.717, 1.165) is 0 Å². The third-order valence-corrected chi connectivity index (χ3v) is 4.05. The average Bonchev–Trinajstić information content (AvgIpc) is 2.93. The lowest BCUT2D eigenvalue weighted by molar-refractivity contribution is -0.172. The molecule has 114 valence electrons. The van der Waals surface area contributed by atoms with Crippen LogP contribution in [0.5, 0.6) is 0 Å². The molecular weight excluding hydrogens is 275 g/mol. The lowest BCUT2D eigenvalue weighted by Gasteiger charge is -2.39. The van der Waals surface area contributed by atoms with Gasteiger partial charge < -0.3 is 19.0 Å². The molecule has 2 aromatic rings. The van der Waals surface area contributed by atoms with Gasteiger partial charge in [0.15, 0.2) is 11.4 Å². The Morgan fingerprint density at radius 3 is 2.81 bits per heavy atom. The zero-order valence-corrected chi connectivity index (χ0v) is 12.0. The van der Waals surface area contributed by atoms with Crippen molar-refractivity contribution >= 4 is 11.0 Å². The minimum atomic E-state index is -0.937. The van der Waals surface area contributed by atoms with Gasteiger partial charge in [-0.25, -0.2) is 4.39 Å². The van der Waals surface area contributed by atoms with Gasteiger partial charge in [-0.3, -0.25) is 0 Å². The van der Waals surface area contributed by atoms with Crippen molar-refractivity contribution in [2.45, 2.75) is 31.5 Å². The van der Waals surface area contributed by atoms with Crippen LogP contribution >= 0.6 is 0 Å². The third kappa shape index (κ3) is 2.57. The van der Waals surface area contributed by atoms with Crippen molar-refractivity contribution in [3.63, 3.8) is 0 Å². The number of halogens is 1. The van der Waals surface area contributed by atoms with Gasteiger partial charge in [-0.15, -0.1) is 0 Å². The maximum absolute atomic E-state index is 13.7. The van der Waals surface area contributed by atoms with Crippen LogP contribution in [0.3, 0.4) is 0 Å². The highest BCUT2D eigenvalue weighted by Gasteiger charge is 2.43. The van der Waals surface area contributed by atoms with E-state index in [9.17, 15) is 9.50 Å². The largest absolute Gasteiger partial charge is 0.455 e. The summed E-state index contributed by atoms with van der Waals surface area (Å²) in [5.74, 6) is -0.0890. The second-order valence-corrected chi connectivity index (χ2v) is 5.32. The minimum absolute atomic E-state index is 0.172. The molecule has 1 unspecified atom stereocenters. The Kier molecular flexibility index (Phi) is 3.97. The number of para-hydroxylation sites is 1. The molecule has 0 aliphatic carbocycles. The summed E-state index contributed by atoms with van der Waals surface area (Å²) in [5, 5.41) is 11.4. The third-order valence-electron chi connectivity index (χ3n) is 4.05. The molecule has 1 aromatic heterocycles. The van der Waals surface area contributed by atoms with Crippen molar-refractivity contribution in [1.82, 2.24) is 0 Å². The Bertz CT molecular complexity index is 610. The Hall–Kier alpha value is -1.43. The first kappa shape index (κ1) is 14.5. The summed E-state index contributed by atoms with van der Waals surface area (Å²) in [7, 11) is 0. The Labute approximate surface area is 122 Å². The van der Waals surface area contributed by atoms with Crippen LogP contribution in [0.2, 0.25) is 0 Å². The summed E-state index contributed by atoms with van der Waals surface area (Å²) < 4.78 is 30.4. The maximum Gasteiger partial charge on any atom is 0.170 e. The molecule has 5 heteroatoms. The number of aliphatic hydroxyl groups excluding tert-OH is 1. The molecule has 1 aliphatic rings. The van der Waals surface area contributed by atoms with Gasteiger partial charge in [0.1, 0.15) is 17.5 Å². The van der Waals surface area contributed by atoms with Crippen molar-refractivity contribution < 1.29 is 23.4 Å². The van der Waals surface area contributed by atoms with Crippen molar-refractivity contribution in [2.24, 2.45) is 0 Å². The summed E-state index contributed by atoms with van der Waals surface area (Å²) in [6.07, 6.45) is 0.233. The highest BCUT2D eigenvalue weighted by atomic mass is 19.1. The molecule has 3 rings (SSSR count). The predicted octanol–water partition coefficient (Wildman–Crippen LogP) is 3.19. The molecule has 0 radical (unpaired) electrons. The first-order valence-electron chi connectivity index (χ1n) is 7.24. The Morgan fingerprint density at radius 1 is 1.38 bits per heavy atom. The minimum Gasteiger partial charge on any atom is -0.455 e. The van der Waals surface area contributed by atoms with E-state index in [-0.39, 0.29) is 5.58 Å². The molecule has 1 saturated heterocycles. The topological polar surface area (TPSA) is 51.8 Å². The van der Waals surface area contributed by atoms with Crippen molar-refractivity contribution in [1.29, 1.82) is 0 Å². The van der Waals surface area contributed by atoms with E-state index < -0.39 is 17.5 Å². The second kappa shape index (κ2) is 5.75. The highest BCUT2D eigenvalue weighted by molar-refractivity contribution is 5.78. The van der Waals surface area contributed by atoms with Crippen molar-refractivity contribution in [3.05, 3.63) is 35.8 Å². The highest BCUT2D eigenvalue weighted by Crippen LogP contribution is 2.39. The number of hydrogen-bond donors (Lipinski definition) is 1. The summed E-state index contributed by atoms with van der Waals surface area (Å²) in [5.41, 5.74) is -0.553. The van der Waals surface area contributed by atoms with Crippen LogP contribution in [0, 0.1) is 5.82 Å². The summed E-state index contributed by atoms with van der Waals surface area (Å²) in [4.78, 5) is 0. The van der Waals surface area contributed by atoms with Crippen LogP contribution in [-0.2, 0) is 9.47 Å². The smallest absolute Gasteiger partial charge is 0.170 e. The van der Waals surface area contributed by atoms with Crippen LogP contribution in [0.4, 0.5) is 4.39 Å². The molecule has 1 aliphatic heterocycles. The maximum atomic E-state index is 13.7. The molecule has 0 saturated carbocycles. The number of ether oxygens (including phenoxy) is 2. The molecule has 1 aromatic carbocycles. The van der Waals surface area contributed by atoms with Crippen LogP contribution in [-0.4, -0.2) is 30.5 Å². The van der Waals surface area contributed by atoms with Gasteiger partial charge in [0.2, 0.25) is 0 Å². The van der Waals surface area contributed by atoms with Gasteiger partial charge in [0, 0.05) is 38.0 Å². The van der Waals surface area contributed by atoms with E-state index in [4.69, 9.17) is 13.9 Å². The molecular formula is C16H19FO4. The zero-order valence-electron chi connectivity index (χ0n) is 12.0. The number of hydrogen-bond acceptors (Lipinski definition) is 4. The van der Waals surface area contributed by atoms with Crippen LogP contribution in [0.15, 0.2) is 28.7 Å². The van der Waals surface area contributed by atoms with E-state index in [1.165, 1.54) is 6.07 Å². The van der Waals surface area contributed by atoms with Gasteiger partial charge in [-0.05, 0) is 19.1 Å². The fourth-order valence-electron chi connectivity index (χ4n) is 2.94. The van der Waals surface area contributed by atoms with E-state index in [1.54, 1.807) is 18.2 Å². The summed E-state index contributed by atoms with van der Waals surface area (Å²) >= 11 is 0. The Morgan fingerprint density at radius 2 is 2.14 bits per heavy atom. The second-order valence-electron chi connectivity index (χ2n) is 5.32. The summed E-state index contributed by atoms with van der Waals surface area (Å²) in [6.45, 7) is 3.45. The summed E-state index contributed by atoms with van der Waals surface area (Å²) in [6, 6.07) is 6.40. The van der Waals surface area contributed by atoms with Crippen LogP contribution in [0.1, 0.15) is 31.6 Å². The molecule has 0 amide bonds. The SMILES string of the molecule is CCOC1(C(O)c2cc3cccc(F)c3o2)CCOCC1. The van der Waals surface area contributed by atoms with Gasteiger partial charge >= 0.3 is 0 Å². The molecule has 0 bridgehead atoms. The first-order valence-corrected chi connectivity index (χ1v) is 7.24. The standard InChI is InChI=1S/C16H19FO4/c1-2-20-16(6-8-19-9-7-16)15(18)13-10-11-4-3-5-12(17)14(11)21-13/h3-5,10,15,18H,2,6-9H2,1H3. The molecule has 1 atom stereocenters. The number of furan rings is 1. The molecule has 1 N–H and O–H groups in total.